The molecular weight excluding hydrogens is 458 g/mol. The molecule has 11 heteroatoms. The number of nitrogens with zero attached hydrogens (tertiary/aromatic N) is 2. The molecule has 35 heavy (non-hydrogen) atoms. The molecule has 3 saturated heterocycles. The number of carbonyl (C=O) groups excluding carboxylic acids is 1. The maximum absolute atomic E-state index is 12.5. The average molecular weight is 483 g/mol. The fraction of sp³-hybridized carbons (Fsp3) is 0.292. The highest BCUT2D eigenvalue weighted by molar-refractivity contribution is 5.93. The number of carboxylic acid groups (broad SMARTS) is 2. The summed E-state index contributed by atoms with van der Waals surface area (Å²) in [6, 6.07) is 13.5. The zero-order valence-electron chi connectivity index (χ0n) is 18.7. The van der Waals surface area contributed by atoms with Gasteiger partial charge in [0.25, 0.3) is 5.69 Å². The van der Waals surface area contributed by atoms with Gasteiger partial charge in [-0.2, -0.15) is 0 Å². The summed E-state index contributed by atoms with van der Waals surface area (Å²) in [5.74, 6) is -2.09. The second kappa shape index (κ2) is 11.7. The smallest absolute Gasteiger partial charge is 0.411 e. The van der Waals surface area contributed by atoms with Gasteiger partial charge in [0, 0.05) is 30.3 Å². The Morgan fingerprint density at radius 2 is 1.54 bits per heavy atom. The summed E-state index contributed by atoms with van der Waals surface area (Å²) in [6.07, 6.45) is 2.63. The Balaban J connectivity index is 0.000000371. The Bertz CT molecular complexity index is 1110. The van der Waals surface area contributed by atoms with E-state index in [9.17, 15) is 24.5 Å². The van der Waals surface area contributed by atoms with Crippen LogP contribution < -0.4 is 5.32 Å². The third kappa shape index (κ3) is 7.11. The molecule has 2 bridgehead atoms. The Labute approximate surface area is 200 Å². The molecule has 1 unspecified atom stereocenters. The lowest BCUT2D eigenvalue weighted by Gasteiger charge is -2.43. The highest BCUT2D eigenvalue weighted by Crippen LogP contribution is 2.35. The minimum atomic E-state index is -1.26. The van der Waals surface area contributed by atoms with Crippen molar-refractivity contribution in [3.05, 3.63) is 70.8 Å². The van der Waals surface area contributed by atoms with Crippen LogP contribution in [0.25, 0.3) is 11.1 Å². The molecule has 3 heterocycles. The number of anilines is 1. The zero-order valence-corrected chi connectivity index (χ0v) is 18.7. The fourth-order valence-corrected chi connectivity index (χ4v) is 4.15. The van der Waals surface area contributed by atoms with Gasteiger partial charge in [0.1, 0.15) is 6.10 Å². The van der Waals surface area contributed by atoms with Gasteiger partial charge in [-0.3, -0.25) is 20.3 Å². The van der Waals surface area contributed by atoms with Gasteiger partial charge in [-0.05, 0) is 44.0 Å². The molecular formula is C24H25N3O8. The number of piperidine rings is 3. The molecule has 0 saturated carbocycles. The van der Waals surface area contributed by atoms with E-state index in [0.717, 1.165) is 32.5 Å². The predicted molar refractivity (Wildman–Crippen MR) is 126 cm³/mol. The van der Waals surface area contributed by atoms with Crippen LogP contribution in [0.15, 0.2) is 60.7 Å². The zero-order chi connectivity index (χ0) is 25.4. The number of nitro benzene ring substituents is 1. The largest absolute Gasteiger partial charge is 0.478 e. The number of rotatable bonds is 6. The number of nitrogens with one attached hydrogen (secondary N) is 1. The van der Waals surface area contributed by atoms with Gasteiger partial charge < -0.3 is 14.9 Å². The lowest BCUT2D eigenvalue weighted by molar-refractivity contribution is -0.384. The average Bonchev–Trinajstić information content (AvgIpc) is 2.84. The normalized spacial score (nSPS) is 20.4. The summed E-state index contributed by atoms with van der Waals surface area (Å²) in [7, 11) is 0. The van der Waals surface area contributed by atoms with E-state index in [1.807, 2.05) is 0 Å². The molecule has 2 aromatic rings. The van der Waals surface area contributed by atoms with Crippen molar-refractivity contribution in [3.8, 4) is 11.1 Å². The number of ether oxygens (including phenoxy) is 1. The number of fused-ring (bicyclic) bond motifs is 3. The number of carboxylic acids is 2. The first-order valence-electron chi connectivity index (χ1n) is 10.9. The molecule has 3 aliphatic rings. The van der Waals surface area contributed by atoms with Crippen molar-refractivity contribution in [1.29, 1.82) is 0 Å². The number of hydrogen-bond donors (Lipinski definition) is 3. The Hall–Kier alpha value is -4.25. The van der Waals surface area contributed by atoms with Crippen LogP contribution in [0.4, 0.5) is 16.2 Å². The van der Waals surface area contributed by atoms with Crippen LogP contribution in [-0.2, 0) is 14.3 Å². The second-order valence-electron chi connectivity index (χ2n) is 8.04. The Morgan fingerprint density at radius 1 is 0.971 bits per heavy atom. The summed E-state index contributed by atoms with van der Waals surface area (Å²) in [4.78, 5) is 44.8. The molecule has 2 aromatic carbocycles. The van der Waals surface area contributed by atoms with Gasteiger partial charge in [0.05, 0.1) is 16.2 Å². The predicted octanol–water partition coefficient (Wildman–Crippen LogP) is 3.62. The highest BCUT2D eigenvalue weighted by Gasteiger charge is 2.36. The number of nitro groups is 1. The van der Waals surface area contributed by atoms with E-state index >= 15 is 0 Å². The molecule has 3 aliphatic heterocycles. The maximum Gasteiger partial charge on any atom is 0.411 e. The van der Waals surface area contributed by atoms with Crippen LogP contribution in [0, 0.1) is 16.0 Å². The first-order valence-corrected chi connectivity index (χ1v) is 10.9. The minimum absolute atomic E-state index is 0.00231. The van der Waals surface area contributed by atoms with Gasteiger partial charge in [-0.15, -0.1) is 0 Å². The van der Waals surface area contributed by atoms with Gasteiger partial charge >= 0.3 is 18.0 Å². The van der Waals surface area contributed by atoms with Crippen molar-refractivity contribution in [3.63, 3.8) is 0 Å². The minimum Gasteiger partial charge on any atom is -0.478 e. The lowest BCUT2D eigenvalue weighted by atomic mass is 9.86. The number of aliphatic carboxylic acids is 2. The fourth-order valence-electron chi connectivity index (χ4n) is 4.15. The number of benzene rings is 2. The Kier molecular flexibility index (Phi) is 8.52. The van der Waals surface area contributed by atoms with Crippen molar-refractivity contribution in [1.82, 2.24) is 4.90 Å². The van der Waals surface area contributed by atoms with E-state index in [4.69, 9.17) is 14.9 Å². The van der Waals surface area contributed by atoms with Crippen molar-refractivity contribution in [2.75, 3.05) is 25.0 Å². The number of carbonyl (C=O) groups is 3. The van der Waals surface area contributed by atoms with Gasteiger partial charge in [-0.25, -0.2) is 14.4 Å². The molecule has 0 radical (unpaired) electrons. The van der Waals surface area contributed by atoms with Crippen LogP contribution in [0.1, 0.15) is 12.8 Å². The number of amides is 1. The summed E-state index contributed by atoms with van der Waals surface area (Å²) in [5.41, 5.74) is 1.55. The maximum atomic E-state index is 12.5. The van der Waals surface area contributed by atoms with Gasteiger partial charge in [0.2, 0.25) is 0 Å². The molecule has 3 N–H and O–H groups in total. The van der Waals surface area contributed by atoms with Crippen LogP contribution >= 0.6 is 0 Å². The monoisotopic (exact) mass is 483 g/mol. The molecule has 3 fully saturated rings. The first-order chi connectivity index (χ1) is 16.7. The summed E-state index contributed by atoms with van der Waals surface area (Å²) >= 11 is 0. The quantitative estimate of drug-likeness (QED) is 0.317. The summed E-state index contributed by atoms with van der Waals surface area (Å²) in [6.45, 7) is 2.93. The van der Waals surface area contributed by atoms with E-state index < -0.39 is 23.0 Å². The molecule has 11 nitrogen and oxygen atoms in total. The number of para-hydroxylation sites is 2. The van der Waals surface area contributed by atoms with Crippen LogP contribution in [0.5, 0.6) is 0 Å². The van der Waals surface area contributed by atoms with E-state index in [0.29, 0.717) is 34.9 Å². The summed E-state index contributed by atoms with van der Waals surface area (Å²) < 4.78 is 5.67. The van der Waals surface area contributed by atoms with E-state index in [1.54, 1.807) is 42.5 Å². The van der Waals surface area contributed by atoms with Crippen LogP contribution in [0.2, 0.25) is 0 Å². The molecule has 5 rings (SSSR count). The number of hydrogen-bond acceptors (Lipinski definition) is 7. The van der Waals surface area contributed by atoms with E-state index in [1.165, 1.54) is 6.07 Å². The van der Waals surface area contributed by atoms with Crippen molar-refractivity contribution < 1.29 is 34.3 Å². The summed E-state index contributed by atoms with van der Waals surface area (Å²) in [5, 5.41) is 29.8. The second-order valence-corrected chi connectivity index (χ2v) is 8.04. The van der Waals surface area contributed by atoms with Crippen molar-refractivity contribution in [2.24, 2.45) is 5.92 Å². The van der Waals surface area contributed by atoms with Gasteiger partial charge in [-0.1, -0.05) is 30.3 Å². The van der Waals surface area contributed by atoms with Crippen LogP contribution in [0.3, 0.4) is 0 Å². The van der Waals surface area contributed by atoms with Crippen molar-refractivity contribution >= 4 is 29.4 Å². The topological polar surface area (TPSA) is 159 Å². The SMILES string of the molecule is O=C(Nc1ccccc1-c1ccccc1[N+](=O)[O-])OC1CN2CCC1CC2.O=C(O)C=CC(=O)O. The third-order valence-electron chi connectivity index (χ3n) is 5.78. The highest BCUT2D eigenvalue weighted by atomic mass is 16.6. The van der Waals surface area contributed by atoms with E-state index in [-0.39, 0.29) is 11.8 Å². The molecule has 0 aliphatic carbocycles. The standard InChI is InChI=1S/C20H21N3O4.C4H4O4/c24-20(27-19-13-22-11-9-14(19)10-12-22)21-17-7-3-1-5-15(17)16-6-2-4-8-18(16)23(25)26;5-3(6)1-2-4(7)8/h1-8,14,19H,9-13H2,(H,21,24);1-2H,(H,5,6)(H,7,8). The van der Waals surface area contributed by atoms with Crippen LogP contribution in [-0.4, -0.2) is 63.8 Å². The molecule has 0 aromatic heterocycles. The van der Waals surface area contributed by atoms with Crippen molar-refractivity contribution in [2.45, 2.75) is 18.9 Å². The third-order valence-corrected chi connectivity index (χ3v) is 5.78. The van der Waals surface area contributed by atoms with E-state index in [2.05, 4.69) is 10.2 Å². The first kappa shape index (κ1) is 25.4. The molecule has 184 valence electrons. The molecule has 1 amide bonds. The molecule has 1 atom stereocenters. The lowest BCUT2D eigenvalue weighted by Crippen LogP contribution is -2.52. The Morgan fingerprint density at radius 3 is 2.09 bits per heavy atom. The van der Waals surface area contributed by atoms with Gasteiger partial charge in [0.15, 0.2) is 0 Å². The molecule has 0 spiro atoms.